The fourth-order valence-corrected chi connectivity index (χ4v) is 4.25. The molecule has 2 nitrogen and oxygen atoms in total. The van der Waals surface area contributed by atoms with Crippen molar-refractivity contribution in [3.05, 3.63) is 82.9 Å². The molecule has 1 aliphatic rings. The maximum absolute atomic E-state index is 2.47. The highest BCUT2D eigenvalue weighted by Gasteiger charge is 2.35. The summed E-state index contributed by atoms with van der Waals surface area (Å²) in [5.41, 5.74) is 10.6. The maximum atomic E-state index is 2.47. The zero-order valence-electron chi connectivity index (χ0n) is 14.9. The molecule has 0 saturated heterocycles. The maximum Gasteiger partial charge on any atom is 0.295 e. The van der Waals surface area contributed by atoms with Crippen molar-refractivity contribution in [1.29, 1.82) is 0 Å². The molecule has 0 aliphatic carbocycles. The molecule has 0 fully saturated rings. The number of hydrogen-bond donors (Lipinski definition) is 0. The Morgan fingerprint density at radius 3 is 2.40 bits per heavy atom. The third-order valence-corrected chi connectivity index (χ3v) is 5.38. The first kappa shape index (κ1) is 14.5. The smallest absolute Gasteiger partial charge is 0.218 e. The van der Waals surface area contributed by atoms with Gasteiger partial charge in [0.15, 0.2) is 11.0 Å². The summed E-state index contributed by atoms with van der Waals surface area (Å²) in [4.78, 5) is 0. The molecule has 0 unspecified atom stereocenters. The van der Waals surface area contributed by atoms with E-state index in [0.29, 0.717) is 0 Å². The minimum absolute atomic E-state index is 0.947. The third-order valence-electron chi connectivity index (χ3n) is 5.38. The standard InChI is InChI=1S/C23H21N2/c1-15-11-12-20-21(13-15)25(22-16(2)7-6-8-17(22)3)23-19-10-5-4-9-18(19)14-24(20)23/h4-13H,14H2,1-3H3/q+1. The molecule has 0 bridgehead atoms. The van der Waals surface area contributed by atoms with Gasteiger partial charge < -0.3 is 0 Å². The minimum atomic E-state index is 0.947. The van der Waals surface area contributed by atoms with Gasteiger partial charge in [0.05, 0.1) is 5.56 Å². The quantitative estimate of drug-likeness (QED) is 0.389. The second kappa shape index (κ2) is 5.06. The van der Waals surface area contributed by atoms with Gasteiger partial charge in [-0.15, -0.1) is 0 Å². The van der Waals surface area contributed by atoms with Crippen LogP contribution in [0.3, 0.4) is 0 Å². The number of para-hydroxylation sites is 1. The van der Waals surface area contributed by atoms with Crippen molar-refractivity contribution in [3.63, 3.8) is 0 Å². The van der Waals surface area contributed by atoms with Crippen LogP contribution in [0.15, 0.2) is 60.7 Å². The molecular formula is C23H21N2+. The molecule has 4 aromatic rings. The van der Waals surface area contributed by atoms with Gasteiger partial charge in [0.1, 0.15) is 12.2 Å². The molecule has 2 heteroatoms. The van der Waals surface area contributed by atoms with Crippen molar-refractivity contribution in [3.8, 4) is 17.1 Å². The number of nitrogens with zero attached hydrogens (tertiary/aromatic N) is 2. The van der Waals surface area contributed by atoms with Gasteiger partial charge >= 0.3 is 0 Å². The highest BCUT2D eigenvalue weighted by atomic mass is 15.2. The minimum Gasteiger partial charge on any atom is -0.218 e. The zero-order chi connectivity index (χ0) is 17.1. The molecule has 3 aromatic carbocycles. The summed E-state index contributed by atoms with van der Waals surface area (Å²) in [6.45, 7) is 7.54. The van der Waals surface area contributed by atoms with Gasteiger partial charge in [0, 0.05) is 5.56 Å². The summed E-state index contributed by atoms with van der Waals surface area (Å²) in [6, 6.07) is 22.2. The van der Waals surface area contributed by atoms with Crippen LogP contribution in [-0.4, -0.2) is 4.57 Å². The molecule has 1 aromatic heterocycles. The molecule has 0 spiro atoms. The first-order valence-corrected chi connectivity index (χ1v) is 8.85. The Morgan fingerprint density at radius 1 is 0.840 bits per heavy atom. The molecule has 0 radical (unpaired) electrons. The molecule has 2 heterocycles. The summed E-state index contributed by atoms with van der Waals surface area (Å²) in [7, 11) is 0. The lowest BCUT2D eigenvalue weighted by molar-refractivity contribution is -0.645. The van der Waals surface area contributed by atoms with Gasteiger partial charge in [-0.3, -0.25) is 0 Å². The van der Waals surface area contributed by atoms with Crippen LogP contribution in [-0.2, 0) is 6.54 Å². The Bertz CT molecular complexity index is 1130. The third kappa shape index (κ3) is 1.94. The summed E-state index contributed by atoms with van der Waals surface area (Å²) in [5.74, 6) is 1.30. The largest absolute Gasteiger partial charge is 0.295 e. The lowest BCUT2D eigenvalue weighted by atomic mass is 10.1. The second-order valence-electron chi connectivity index (χ2n) is 7.13. The van der Waals surface area contributed by atoms with E-state index in [4.69, 9.17) is 0 Å². The predicted octanol–water partition coefficient (Wildman–Crippen LogP) is 4.87. The van der Waals surface area contributed by atoms with Crippen molar-refractivity contribution in [2.75, 3.05) is 0 Å². The van der Waals surface area contributed by atoms with Crippen molar-refractivity contribution in [1.82, 2.24) is 4.57 Å². The van der Waals surface area contributed by atoms with E-state index >= 15 is 0 Å². The summed E-state index contributed by atoms with van der Waals surface area (Å²) in [6.07, 6.45) is 0. The van der Waals surface area contributed by atoms with E-state index in [9.17, 15) is 0 Å². The Kier molecular flexibility index (Phi) is 2.93. The lowest BCUT2D eigenvalue weighted by Gasteiger charge is -2.09. The first-order valence-electron chi connectivity index (χ1n) is 8.85. The Labute approximate surface area is 148 Å². The van der Waals surface area contributed by atoms with Crippen LogP contribution in [0.1, 0.15) is 22.3 Å². The van der Waals surface area contributed by atoms with Crippen molar-refractivity contribution >= 4 is 11.0 Å². The van der Waals surface area contributed by atoms with Crippen LogP contribution in [0, 0.1) is 20.8 Å². The SMILES string of the molecule is Cc1ccc2c(c1)n(-c1c(C)cccc1C)c1[n+]2Cc2ccccc2-1. The van der Waals surface area contributed by atoms with E-state index in [1.54, 1.807) is 0 Å². The van der Waals surface area contributed by atoms with Crippen molar-refractivity contribution in [2.45, 2.75) is 27.3 Å². The predicted molar refractivity (Wildman–Crippen MR) is 102 cm³/mol. The van der Waals surface area contributed by atoms with Crippen LogP contribution in [0.5, 0.6) is 0 Å². The van der Waals surface area contributed by atoms with E-state index in [1.165, 1.54) is 50.4 Å². The van der Waals surface area contributed by atoms with Crippen LogP contribution in [0.4, 0.5) is 0 Å². The fourth-order valence-electron chi connectivity index (χ4n) is 4.25. The number of aryl methyl sites for hydroxylation is 3. The first-order chi connectivity index (χ1) is 12.1. The van der Waals surface area contributed by atoms with E-state index in [1.807, 2.05) is 0 Å². The highest BCUT2D eigenvalue weighted by Crippen LogP contribution is 2.35. The molecule has 5 rings (SSSR count). The number of aromatic nitrogens is 2. The average molecular weight is 325 g/mol. The van der Waals surface area contributed by atoms with E-state index in [0.717, 1.165) is 6.54 Å². The molecule has 0 amide bonds. The fraction of sp³-hybridized carbons (Fsp3) is 0.174. The van der Waals surface area contributed by atoms with Gasteiger partial charge in [0.25, 0.3) is 5.82 Å². The zero-order valence-corrected chi connectivity index (χ0v) is 14.9. The van der Waals surface area contributed by atoms with Crippen LogP contribution in [0.2, 0.25) is 0 Å². The van der Waals surface area contributed by atoms with Crippen LogP contribution < -0.4 is 4.57 Å². The monoisotopic (exact) mass is 325 g/mol. The number of hydrogen-bond acceptors (Lipinski definition) is 0. The van der Waals surface area contributed by atoms with Gasteiger partial charge in [-0.05, 0) is 55.7 Å². The molecular weight excluding hydrogens is 304 g/mol. The van der Waals surface area contributed by atoms with Gasteiger partial charge in [-0.2, -0.15) is 4.57 Å². The summed E-state index contributed by atoms with van der Waals surface area (Å²) >= 11 is 0. The molecule has 25 heavy (non-hydrogen) atoms. The van der Waals surface area contributed by atoms with Crippen LogP contribution >= 0.6 is 0 Å². The van der Waals surface area contributed by atoms with E-state index in [-0.39, 0.29) is 0 Å². The van der Waals surface area contributed by atoms with E-state index < -0.39 is 0 Å². The van der Waals surface area contributed by atoms with Gasteiger partial charge in [-0.25, -0.2) is 4.57 Å². The molecule has 0 atom stereocenters. The molecule has 0 saturated carbocycles. The second-order valence-corrected chi connectivity index (χ2v) is 7.13. The summed E-state index contributed by atoms with van der Waals surface area (Å²) < 4.78 is 4.93. The Balaban J connectivity index is 1.99. The Hall–Kier alpha value is -2.87. The number of benzene rings is 3. The normalized spacial score (nSPS) is 12.4. The molecule has 1 aliphatic heterocycles. The topological polar surface area (TPSA) is 8.81 Å². The summed E-state index contributed by atoms with van der Waals surface area (Å²) in [5, 5.41) is 0. The number of fused-ring (bicyclic) bond motifs is 5. The van der Waals surface area contributed by atoms with Gasteiger partial charge in [-0.1, -0.05) is 42.5 Å². The van der Waals surface area contributed by atoms with Gasteiger partial charge in [0.2, 0.25) is 0 Å². The molecule has 122 valence electrons. The average Bonchev–Trinajstić information content (AvgIpc) is 3.10. The molecule has 0 N–H and O–H groups in total. The number of imidazole rings is 1. The highest BCUT2D eigenvalue weighted by molar-refractivity contribution is 5.82. The number of rotatable bonds is 1. The van der Waals surface area contributed by atoms with Crippen LogP contribution in [0.25, 0.3) is 28.1 Å². The Morgan fingerprint density at radius 2 is 1.60 bits per heavy atom. The van der Waals surface area contributed by atoms with Crippen molar-refractivity contribution < 1.29 is 4.57 Å². The van der Waals surface area contributed by atoms with E-state index in [2.05, 4.69) is 90.6 Å². The van der Waals surface area contributed by atoms with Crippen molar-refractivity contribution in [2.24, 2.45) is 0 Å². The lowest BCUT2D eigenvalue weighted by Crippen LogP contribution is -2.31.